The zero-order chi connectivity index (χ0) is 13.4. The van der Waals surface area contributed by atoms with Crippen LogP contribution in [0, 0.1) is 17.8 Å². The maximum Gasteiger partial charge on any atom is 0.166 e. The molecule has 0 spiro atoms. The van der Waals surface area contributed by atoms with Crippen LogP contribution in [0.4, 0.5) is 0 Å². The fraction of sp³-hybridized carbons (Fsp3) is 0.562. The number of benzene rings is 1. The van der Waals surface area contributed by atoms with E-state index in [2.05, 4.69) is 0 Å². The number of carbonyl (C=O) groups excluding carboxylic acids is 1. The highest BCUT2D eigenvalue weighted by atomic mass is 16.5. The molecule has 3 rings (SSSR count). The van der Waals surface area contributed by atoms with Crippen LogP contribution >= 0.6 is 0 Å². The van der Waals surface area contributed by atoms with Gasteiger partial charge in [0.1, 0.15) is 11.5 Å². The van der Waals surface area contributed by atoms with Crippen molar-refractivity contribution in [3.8, 4) is 11.5 Å². The third kappa shape index (κ3) is 2.22. The molecule has 2 aliphatic carbocycles. The maximum absolute atomic E-state index is 12.6. The van der Waals surface area contributed by atoms with Gasteiger partial charge in [-0.2, -0.15) is 0 Å². The van der Waals surface area contributed by atoms with Crippen molar-refractivity contribution in [1.29, 1.82) is 0 Å². The second-order valence-electron chi connectivity index (χ2n) is 5.60. The number of fused-ring (bicyclic) bond motifs is 1. The summed E-state index contributed by atoms with van der Waals surface area (Å²) in [6, 6.07) is 5.46. The summed E-state index contributed by atoms with van der Waals surface area (Å²) in [6.07, 6.45) is 5.02. The Morgan fingerprint density at radius 2 is 1.53 bits per heavy atom. The van der Waals surface area contributed by atoms with Gasteiger partial charge in [0.2, 0.25) is 0 Å². The number of ketones is 1. The molecule has 1 aromatic carbocycles. The van der Waals surface area contributed by atoms with Gasteiger partial charge in [0.15, 0.2) is 5.78 Å². The zero-order valence-corrected chi connectivity index (χ0v) is 11.5. The van der Waals surface area contributed by atoms with Gasteiger partial charge in [0.05, 0.1) is 14.2 Å². The quantitative estimate of drug-likeness (QED) is 0.779. The first-order valence-electron chi connectivity index (χ1n) is 7.02. The molecule has 0 N–H and O–H groups in total. The predicted molar refractivity (Wildman–Crippen MR) is 72.8 cm³/mol. The van der Waals surface area contributed by atoms with E-state index in [1.54, 1.807) is 20.3 Å². The van der Waals surface area contributed by atoms with E-state index < -0.39 is 0 Å². The van der Waals surface area contributed by atoms with Crippen LogP contribution in [-0.4, -0.2) is 20.0 Å². The van der Waals surface area contributed by atoms with Crippen LogP contribution < -0.4 is 9.47 Å². The molecule has 2 saturated carbocycles. The monoisotopic (exact) mass is 260 g/mol. The van der Waals surface area contributed by atoms with Gasteiger partial charge in [-0.25, -0.2) is 0 Å². The van der Waals surface area contributed by atoms with Gasteiger partial charge >= 0.3 is 0 Å². The van der Waals surface area contributed by atoms with Crippen molar-refractivity contribution in [1.82, 2.24) is 0 Å². The van der Waals surface area contributed by atoms with Crippen molar-refractivity contribution in [2.24, 2.45) is 17.8 Å². The first-order valence-corrected chi connectivity index (χ1v) is 7.02. The van der Waals surface area contributed by atoms with Gasteiger partial charge in [0, 0.05) is 17.5 Å². The van der Waals surface area contributed by atoms with E-state index in [0.29, 0.717) is 23.3 Å². The van der Waals surface area contributed by atoms with Crippen molar-refractivity contribution in [3.63, 3.8) is 0 Å². The Kier molecular flexibility index (Phi) is 3.21. The minimum Gasteiger partial charge on any atom is -0.497 e. The SMILES string of the molecule is COc1cc(OC)cc(C(=O)C2C3CCCCC32)c1. The molecular weight excluding hydrogens is 240 g/mol. The van der Waals surface area contributed by atoms with Crippen LogP contribution in [-0.2, 0) is 0 Å². The summed E-state index contributed by atoms with van der Waals surface area (Å²) in [5.41, 5.74) is 0.732. The van der Waals surface area contributed by atoms with Crippen molar-refractivity contribution in [3.05, 3.63) is 23.8 Å². The molecule has 0 aromatic heterocycles. The summed E-state index contributed by atoms with van der Waals surface area (Å²) in [6.45, 7) is 0. The van der Waals surface area contributed by atoms with E-state index in [4.69, 9.17) is 9.47 Å². The molecule has 3 nitrogen and oxygen atoms in total. The number of hydrogen-bond donors (Lipinski definition) is 0. The van der Waals surface area contributed by atoms with Gasteiger partial charge in [-0.05, 0) is 36.8 Å². The molecule has 19 heavy (non-hydrogen) atoms. The Labute approximate surface area is 113 Å². The average Bonchev–Trinajstić information content (AvgIpc) is 3.20. The van der Waals surface area contributed by atoms with Crippen LogP contribution in [0.1, 0.15) is 36.0 Å². The van der Waals surface area contributed by atoms with Crippen molar-refractivity contribution < 1.29 is 14.3 Å². The highest BCUT2D eigenvalue weighted by molar-refractivity contribution is 6.00. The standard InChI is InChI=1S/C16H20O3/c1-18-11-7-10(8-12(9-11)19-2)16(17)15-13-5-3-4-6-14(13)15/h7-9,13-15H,3-6H2,1-2H3. The fourth-order valence-corrected chi connectivity index (χ4v) is 3.52. The molecule has 2 atom stereocenters. The lowest BCUT2D eigenvalue weighted by atomic mass is 10.0. The normalized spacial score (nSPS) is 28.4. The van der Waals surface area contributed by atoms with Gasteiger partial charge in [-0.3, -0.25) is 4.79 Å². The van der Waals surface area contributed by atoms with E-state index >= 15 is 0 Å². The first kappa shape index (κ1) is 12.5. The molecular formula is C16H20O3. The molecule has 102 valence electrons. The van der Waals surface area contributed by atoms with Crippen LogP contribution in [0.25, 0.3) is 0 Å². The van der Waals surface area contributed by atoms with Gasteiger partial charge < -0.3 is 9.47 Å². The molecule has 0 radical (unpaired) electrons. The number of methoxy groups -OCH3 is 2. The summed E-state index contributed by atoms with van der Waals surface area (Å²) in [7, 11) is 3.22. The van der Waals surface area contributed by atoms with Gasteiger partial charge in [-0.15, -0.1) is 0 Å². The van der Waals surface area contributed by atoms with E-state index in [1.807, 2.05) is 12.1 Å². The van der Waals surface area contributed by atoms with Gasteiger partial charge in [-0.1, -0.05) is 12.8 Å². The summed E-state index contributed by atoms with van der Waals surface area (Å²) < 4.78 is 10.5. The number of carbonyl (C=O) groups is 1. The van der Waals surface area contributed by atoms with Crippen LogP contribution in [0.5, 0.6) is 11.5 Å². The third-order valence-electron chi connectivity index (χ3n) is 4.60. The fourth-order valence-electron chi connectivity index (χ4n) is 3.52. The first-order chi connectivity index (χ1) is 9.24. The summed E-state index contributed by atoms with van der Waals surface area (Å²) in [5.74, 6) is 3.17. The van der Waals surface area contributed by atoms with E-state index in [0.717, 1.165) is 5.56 Å². The molecule has 2 aliphatic rings. The number of ether oxygens (including phenoxy) is 2. The van der Waals surface area contributed by atoms with Crippen LogP contribution in [0.3, 0.4) is 0 Å². The lowest BCUT2D eigenvalue weighted by Crippen LogP contribution is -2.05. The minimum atomic E-state index is 0.249. The summed E-state index contributed by atoms with van der Waals surface area (Å²) >= 11 is 0. The number of rotatable bonds is 4. The van der Waals surface area contributed by atoms with E-state index in [-0.39, 0.29) is 11.7 Å². The van der Waals surface area contributed by atoms with Crippen molar-refractivity contribution >= 4 is 5.78 Å². The molecule has 2 unspecified atom stereocenters. The second-order valence-corrected chi connectivity index (χ2v) is 5.60. The zero-order valence-electron chi connectivity index (χ0n) is 11.5. The number of hydrogen-bond acceptors (Lipinski definition) is 3. The number of Topliss-reactive ketones (excluding diaryl/α,β-unsaturated/α-hetero) is 1. The molecule has 0 bridgehead atoms. The highest BCUT2D eigenvalue weighted by Gasteiger charge is 2.54. The topological polar surface area (TPSA) is 35.5 Å². The third-order valence-corrected chi connectivity index (χ3v) is 4.60. The van der Waals surface area contributed by atoms with Crippen molar-refractivity contribution in [2.45, 2.75) is 25.7 Å². The smallest absolute Gasteiger partial charge is 0.166 e. The lowest BCUT2D eigenvalue weighted by molar-refractivity contribution is 0.0955. The minimum absolute atomic E-state index is 0.249. The summed E-state index contributed by atoms with van der Waals surface area (Å²) in [4.78, 5) is 12.6. The lowest BCUT2D eigenvalue weighted by Gasteiger charge is -2.07. The van der Waals surface area contributed by atoms with E-state index in [9.17, 15) is 4.79 Å². The Morgan fingerprint density at radius 3 is 2.00 bits per heavy atom. The van der Waals surface area contributed by atoms with E-state index in [1.165, 1.54) is 25.7 Å². The Hall–Kier alpha value is -1.51. The summed E-state index contributed by atoms with van der Waals surface area (Å²) in [5, 5.41) is 0. The molecule has 1 aromatic rings. The Morgan fingerprint density at radius 1 is 1.00 bits per heavy atom. The van der Waals surface area contributed by atoms with Crippen molar-refractivity contribution in [2.75, 3.05) is 14.2 Å². The molecule has 0 amide bonds. The molecule has 3 heteroatoms. The maximum atomic E-state index is 12.6. The van der Waals surface area contributed by atoms with Crippen LogP contribution in [0.15, 0.2) is 18.2 Å². The van der Waals surface area contributed by atoms with Gasteiger partial charge in [0.25, 0.3) is 0 Å². The highest BCUT2D eigenvalue weighted by Crippen LogP contribution is 2.56. The Bertz CT molecular complexity index is 461. The molecule has 2 fully saturated rings. The molecule has 0 aliphatic heterocycles. The Balaban J connectivity index is 1.83. The largest absolute Gasteiger partial charge is 0.497 e. The average molecular weight is 260 g/mol. The molecule has 0 saturated heterocycles. The predicted octanol–water partition coefficient (Wildman–Crippen LogP) is 3.32. The molecule has 0 heterocycles. The second kappa shape index (κ2) is 4.87. The van der Waals surface area contributed by atoms with Crippen LogP contribution in [0.2, 0.25) is 0 Å².